The molecule has 2 aromatic rings. The van der Waals surface area contributed by atoms with Gasteiger partial charge in [0.2, 0.25) is 5.84 Å². The molecule has 1 heterocycles. The van der Waals surface area contributed by atoms with Gasteiger partial charge in [-0.05, 0) is 42.8 Å². The number of hydrazone groups is 1. The Morgan fingerprint density at radius 2 is 1.69 bits per heavy atom. The van der Waals surface area contributed by atoms with Gasteiger partial charge in [-0.25, -0.2) is 5.01 Å². The van der Waals surface area contributed by atoms with Crippen LogP contribution < -0.4 is 5.01 Å². The van der Waals surface area contributed by atoms with Gasteiger partial charge in [0.15, 0.2) is 12.5 Å². The average molecular weight is 460 g/mol. The molecule has 0 fully saturated rings. The molecular formula is C19H14F6N4O3. The summed E-state index contributed by atoms with van der Waals surface area (Å²) in [6.07, 6.45) is -11.0. The number of hydrogen-bond donors (Lipinski definition) is 0. The van der Waals surface area contributed by atoms with Crippen LogP contribution in [-0.4, -0.2) is 34.3 Å². The van der Waals surface area contributed by atoms with Gasteiger partial charge in [-0.3, -0.25) is 14.9 Å². The standard InChI is InChI=1S/C19H14F6N4O3/c1-11-8-12(2-7-15(11)29(31)32)9-27-16(10-30)28(26-17(27)19(23,24)25)14-5-3-13(4-6-14)18(20,21)22/h2-8,10,16H,9H2,1H3. The summed E-state index contributed by atoms with van der Waals surface area (Å²) in [5, 5.41) is 15.1. The summed E-state index contributed by atoms with van der Waals surface area (Å²) in [7, 11) is 0. The van der Waals surface area contributed by atoms with E-state index < -0.39 is 41.4 Å². The van der Waals surface area contributed by atoms with Crippen LogP contribution in [0.4, 0.5) is 37.7 Å². The van der Waals surface area contributed by atoms with Gasteiger partial charge in [-0.1, -0.05) is 6.07 Å². The zero-order valence-electron chi connectivity index (χ0n) is 16.2. The van der Waals surface area contributed by atoms with Crippen LogP contribution in [-0.2, 0) is 17.5 Å². The van der Waals surface area contributed by atoms with Crippen molar-refractivity contribution in [3.63, 3.8) is 0 Å². The van der Waals surface area contributed by atoms with Crippen molar-refractivity contribution in [1.29, 1.82) is 0 Å². The third-order valence-electron chi connectivity index (χ3n) is 4.69. The first-order valence-electron chi connectivity index (χ1n) is 8.91. The number of aryl methyl sites for hydroxylation is 1. The Morgan fingerprint density at radius 1 is 1.06 bits per heavy atom. The molecular weight excluding hydrogens is 446 g/mol. The maximum Gasteiger partial charge on any atom is 0.451 e. The summed E-state index contributed by atoms with van der Waals surface area (Å²) >= 11 is 0. The summed E-state index contributed by atoms with van der Waals surface area (Å²) in [6.45, 7) is 0.938. The fourth-order valence-corrected chi connectivity index (χ4v) is 3.23. The Balaban J connectivity index is 1.97. The molecule has 0 N–H and O–H groups in total. The van der Waals surface area contributed by atoms with Crippen LogP contribution >= 0.6 is 0 Å². The number of carbonyl (C=O) groups is 1. The van der Waals surface area contributed by atoms with Crippen LogP contribution in [0.2, 0.25) is 0 Å². The number of halogens is 6. The molecule has 0 saturated carbocycles. The fourth-order valence-electron chi connectivity index (χ4n) is 3.23. The lowest BCUT2D eigenvalue weighted by Crippen LogP contribution is -2.46. The van der Waals surface area contributed by atoms with Crippen molar-refractivity contribution in [1.82, 2.24) is 4.90 Å². The lowest BCUT2D eigenvalue weighted by Gasteiger charge is -2.28. The van der Waals surface area contributed by atoms with E-state index in [1.807, 2.05) is 0 Å². The van der Waals surface area contributed by atoms with Crippen molar-refractivity contribution in [2.75, 3.05) is 5.01 Å². The minimum atomic E-state index is -4.97. The van der Waals surface area contributed by atoms with Crippen LogP contribution in [0.15, 0.2) is 47.6 Å². The number of amidine groups is 1. The second-order valence-electron chi connectivity index (χ2n) is 6.87. The molecule has 0 aliphatic carbocycles. The predicted molar refractivity (Wildman–Crippen MR) is 101 cm³/mol. The lowest BCUT2D eigenvalue weighted by atomic mass is 10.1. The first-order valence-corrected chi connectivity index (χ1v) is 8.91. The largest absolute Gasteiger partial charge is 0.451 e. The highest BCUT2D eigenvalue weighted by molar-refractivity contribution is 5.94. The van der Waals surface area contributed by atoms with Gasteiger partial charge in [0.1, 0.15) is 0 Å². The third kappa shape index (κ3) is 4.50. The monoisotopic (exact) mass is 460 g/mol. The average Bonchev–Trinajstić information content (AvgIpc) is 3.05. The quantitative estimate of drug-likeness (QED) is 0.281. The first-order chi connectivity index (χ1) is 14.8. The van der Waals surface area contributed by atoms with Crippen LogP contribution in [0.5, 0.6) is 0 Å². The number of nitrogens with zero attached hydrogens (tertiary/aromatic N) is 4. The first kappa shape index (κ1) is 23.0. The molecule has 0 spiro atoms. The summed E-state index contributed by atoms with van der Waals surface area (Å²) in [5.41, 5.74) is -0.940. The van der Waals surface area contributed by atoms with Gasteiger partial charge < -0.3 is 4.90 Å². The maximum atomic E-state index is 13.6. The topological polar surface area (TPSA) is 79.0 Å². The molecule has 0 aromatic heterocycles. The molecule has 7 nitrogen and oxygen atoms in total. The summed E-state index contributed by atoms with van der Waals surface area (Å²) in [4.78, 5) is 22.6. The van der Waals surface area contributed by atoms with Crippen LogP contribution in [0.1, 0.15) is 16.7 Å². The van der Waals surface area contributed by atoms with Crippen molar-refractivity contribution in [3.8, 4) is 0 Å². The Hall–Kier alpha value is -3.64. The minimum absolute atomic E-state index is 0.153. The highest BCUT2D eigenvalue weighted by atomic mass is 19.4. The number of anilines is 1. The molecule has 0 bridgehead atoms. The van der Waals surface area contributed by atoms with Gasteiger partial charge in [-0.2, -0.15) is 26.3 Å². The van der Waals surface area contributed by atoms with Crippen LogP contribution in [0.25, 0.3) is 0 Å². The summed E-state index contributed by atoms with van der Waals surface area (Å²) in [6, 6.07) is 6.86. The van der Waals surface area contributed by atoms with E-state index in [0.717, 1.165) is 18.2 Å². The van der Waals surface area contributed by atoms with E-state index in [0.29, 0.717) is 22.0 Å². The molecule has 0 saturated heterocycles. The molecule has 1 unspecified atom stereocenters. The summed E-state index contributed by atoms with van der Waals surface area (Å²) < 4.78 is 79.2. The van der Waals surface area contributed by atoms with E-state index in [1.54, 1.807) is 0 Å². The number of carbonyl (C=O) groups excluding carboxylic acids is 1. The van der Waals surface area contributed by atoms with E-state index in [2.05, 4.69) is 5.10 Å². The Labute approximate surface area is 176 Å². The van der Waals surface area contributed by atoms with Crippen LogP contribution in [0, 0.1) is 17.0 Å². The number of nitro benzene ring substituents is 1. The molecule has 3 rings (SSSR count). The predicted octanol–water partition coefficient (Wildman–Crippen LogP) is 4.65. The number of nitro groups is 1. The lowest BCUT2D eigenvalue weighted by molar-refractivity contribution is -0.385. The molecule has 170 valence electrons. The minimum Gasteiger partial charge on any atom is -0.319 e. The van der Waals surface area contributed by atoms with Gasteiger partial charge in [-0.15, -0.1) is 5.10 Å². The maximum absolute atomic E-state index is 13.6. The number of benzene rings is 2. The van der Waals surface area contributed by atoms with Crippen molar-refractivity contribution < 1.29 is 36.1 Å². The smallest absolute Gasteiger partial charge is 0.319 e. The Kier molecular flexibility index (Phi) is 5.85. The second-order valence-corrected chi connectivity index (χ2v) is 6.87. The van der Waals surface area contributed by atoms with E-state index in [1.165, 1.54) is 19.1 Å². The molecule has 1 aliphatic heterocycles. The SMILES string of the molecule is Cc1cc(CN2C(C(F)(F)F)=NN(c3ccc(C(F)(F)F)cc3)C2C=O)ccc1[N+](=O)[O-]. The number of alkyl halides is 6. The zero-order chi connectivity index (χ0) is 23.8. The van der Waals surface area contributed by atoms with Crippen molar-refractivity contribution in [2.24, 2.45) is 5.10 Å². The molecule has 0 amide bonds. The highest BCUT2D eigenvalue weighted by Gasteiger charge is 2.48. The van der Waals surface area contributed by atoms with Gasteiger partial charge in [0, 0.05) is 18.2 Å². The molecule has 2 aromatic carbocycles. The van der Waals surface area contributed by atoms with E-state index >= 15 is 0 Å². The number of rotatable bonds is 5. The number of hydrogen-bond acceptors (Lipinski definition) is 6. The normalized spacial score (nSPS) is 16.8. The highest BCUT2D eigenvalue weighted by Crippen LogP contribution is 2.35. The molecule has 1 aliphatic rings. The van der Waals surface area contributed by atoms with Crippen LogP contribution in [0.3, 0.4) is 0 Å². The van der Waals surface area contributed by atoms with Crippen molar-refractivity contribution in [2.45, 2.75) is 32.0 Å². The molecule has 32 heavy (non-hydrogen) atoms. The third-order valence-corrected chi connectivity index (χ3v) is 4.69. The summed E-state index contributed by atoms with van der Waals surface area (Å²) in [5.74, 6) is -1.43. The molecule has 0 radical (unpaired) electrons. The number of aldehydes is 1. The second kappa shape index (κ2) is 8.13. The van der Waals surface area contributed by atoms with Crippen molar-refractivity contribution >= 4 is 23.5 Å². The van der Waals surface area contributed by atoms with Crippen molar-refractivity contribution in [3.05, 3.63) is 69.3 Å². The molecule has 13 heteroatoms. The van der Waals surface area contributed by atoms with Gasteiger partial charge in [0.25, 0.3) is 5.69 Å². The Bertz CT molecular complexity index is 1070. The fraction of sp³-hybridized carbons (Fsp3) is 0.263. The Morgan fingerprint density at radius 3 is 2.16 bits per heavy atom. The van der Waals surface area contributed by atoms with Gasteiger partial charge in [0.05, 0.1) is 16.2 Å². The van der Waals surface area contributed by atoms with E-state index in [4.69, 9.17) is 0 Å². The van der Waals surface area contributed by atoms with Gasteiger partial charge >= 0.3 is 12.4 Å². The molecule has 1 atom stereocenters. The van der Waals surface area contributed by atoms with E-state index in [9.17, 15) is 41.3 Å². The zero-order valence-corrected chi connectivity index (χ0v) is 16.2. The van der Waals surface area contributed by atoms with E-state index in [-0.39, 0.29) is 28.8 Å².